The highest BCUT2D eigenvalue weighted by Crippen LogP contribution is 2.40. The maximum atomic E-state index is 13.7. The average Bonchev–Trinajstić information content (AvgIpc) is 2.88. The maximum absolute atomic E-state index is 13.7. The number of anilines is 1. The number of amides is 2. The van der Waals surface area contributed by atoms with Crippen molar-refractivity contribution >= 4 is 17.5 Å². The van der Waals surface area contributed by atoms with E-state index in [1.165, 1.54) is 12.1 Å². The van der Waals surface area contributed by atoms with Gasteiger partial charge in [-0.2, -0.15) is 0 Å². The predicted octanol–water partition coefficient (Wildman–Crippen LogP) is 3.07. The van der Waals surface area contributed by atoms with Crippen LogP contribution in [0.2, 0.25) is 0 Å². The summed E-state index contributed by atoms with van der Waals surface area (Å²) >= 11 is 0. The van der Waals surface area contributed by atoms with Gasteiger partial charge < -0.3 is 24.8 Å². The summed E-state index contributed by atoms with van der Waals surface area (Å²) in [6.07, 6.45) is 1.62. The fourth-order valence-corrected chi connectivity index (χ4v) is 4.97. The van der Waals surface area contributed by atoms with Gasteiger partial charge in [0.1, 0.15) is 11.6 Å². The average molecular weight is 483 g/mol. The number of hydrogen-bond acceptors (Lipinski definition) is 5. The summed E-state index contributed by atoms with van der Waals surface area (Å²) in [5.74, 6) is -0.209. The van der Waals surface area contributed by atoms with Crippen LogP contribution in [0.25, 0.3) is 0 Å². The fraction of sp³-hybridized carbons (Fsp3) is 0.481. The second-order valence-corrected chi connectivity index (χ2v) is 9.39. The molecule has 2 aliphatic rings. The lowest BCUT2D eigenvalue weighted by molar-refractivity contribution is -0.129. The Balaban J connectivity index is 1.48. The molecule has 2 fully saturated rings. The minimum absolute atomic E-state index is 0.0522. The van der Waals surface area contributed by atoms with Crippen molar-refractivity contribution in [2.75, 3.05) is 58.3 Å². The lowest BCUT2D eigenvalue weighted by atomic mass is 9.83. The zero-order chi connectivity index (χ0) is 24.8. The highest BCUT2D eigenvalue weighted by atomic mass is 19.1. The molecule has 0 unspecified atom stereocenters. The zero-order valence-electron chi connectivity index (χ0n) is 20.6. The van der Waals surface area contributed by atoms with Gasteiger partial charge in [-0.25, -0.2) is 4.39 Å². The van der Waals surface area contributed by atoms with Crippen LogP contribution >= 0.6 is 0 Å². The van der Waals surface area contributed by atoms with E-state index in [0.717, 1.165) is 44.7 Å². The molecule has 1 N–H and O–H groups in total. The first kappa shape index (κ1) is 25.1. The number of benzene rings is 2. The lowest BCUT2D eigenvalue weighted by Crippen LogP contribution is -2.49. The van der Waals surface area contributed by atoms with E-state index in [2.05, 4.69) is 22.2 Å². The van der Waals surface area contributed by atoms with Gasteiger partial charge >= 0.3 is 0 Å². The van der Waals surface area contributed by atoms with E-state index < -0.39 is 12.0 Å². The van der Waals surface area contributed by atoms with Crippen LogP contribution in [0.5, 0.6) is 5.75 Å². The predicted molar refractivity (Wildman–Crippen MR) is 134 cm³/mol. The second kappa shape index (κ2) is 11.6. The van der Waals surface area contributed by atoms with Gasteiger partial charge in [-0.3, -0.25) is 9.59 Å². The molecule has 2 aromatic rings. The molecule has 0 bridgehead atoms. The number of piperazine rings is 1. The van der Waals surface area contributed by atoms with Crippen LogP contribution in [0, 0.1) is 11.7 Å². The maximum Gasteiger partial charge on any atom is 0.227 e. The number of carbonyl (C=O) groups excluding carboxylic acids is 2. The first-order valence-electron chi connectivity index (χ1n) is 12.4. The van der Waals surface area contributed by atoms with Crippen molar-refractivity contribution in [2.24, 2.45) is 5.92 Å². The standard InChI is InChI=1S/C27H35FN4O3/c1-30-16-18-31(19-17-30)15-3-14-29-27(34)24-12-13-25(33)32(22-8-10-23(35-2)11-9-22)26(24)20-4-6-21(28)7-5-20/h4-11,24,26H,3,12-19H2,1-2H3,(H,29,34)/t24-,26+/m1/s1. The Morgan fingerprint density at radius 3 is 2.40 bits per heavy atom. The normalized spacial score (nSPS) is 21.7. The van der Waals surface area contributed by atoms with Crippen LogP contribution in [0.3, 0.4) is 0 Å². The van der Waals surface area contributed by atoms with E-state index in [4.69, 9.17) is 4.74 Å². The second-order valence-electron chi connectivity index (χ2n) is 9.39. The van der Waals surface area contributed by atoms with Crippen molar-refractivity contribution in [3.8, 4) is 5.75 Å². The molecule has 7 nitrogen and oxygen atoms in total. The number of methoxy groups -OCH3 is 1. The van der Waals surface area contributed by atoms with Crippen molar-refractivity contribution in [1.82, 2.24) is 15.1 Å². The van der Waals surface area contributed by atoms with Crippen molar-refractivity contribution in [1.29, 1.82) is 0 Å². The molecule has 2 aromatic carbocycles. The highest BCUT2D eigenvalue weighted by molar-refractivity contribution is 5.97. The summed E-state index contributed by atoms with van der Waals surface area (Å²) in [4.78, 5) is 32.9. The van der Waals surface area contributed by atoms with Gasteiger partial charge in [-0.05, 0) is 68.4 Å². The molecule has 2 heterocycles. The molecule has 2 saturated heterocycles. The first-order valence-corrected chi connectivity index (χ1v) is 12.4. The summed E-state index contributed by atoms with van der Waals surface area (Å²) in [5, 5.41) is 3.11. The molecule has 0 aromatic heterocycles. The Morgan fingerprint density at radius 1 is 1.06 bits per heavy atom. The van der Waals surface area contributed by atoms with E-state index in [9.17, 15) is 14.0 Å². The molecule has 0 aliphatic carbocycles. The molecule has 0 radical (unpaired) electrons. The molecule has 2 aliphatic heterocycles. The van der Waals surface area contributed by atoms with Gasteiger partial charge in [0.15, 0.2) is 0 Å². The topological polar surface area (TPSA) is 65.1 Å². The van der Waals surface area contributed by atoms with Crippen LogP contribution in [-0.4, -0.2) is 75.0 Å². The minimum Gasteiger partial charge on any atom is -0.497 e. The van der Waals surface area contributed by atoms with Gasteiger partial charge in [0.05, 0.1) is 19.1 Å². The molecule has 2 atom stereocenters. The van der Waals surface area contributed by atoms with Crippen molar-refractivity contribution in [3.63, 3.8) is 0 Å². The number of rotatable bonds is 8. The highest BCUT2D eigenvalue weighted by Gasteiger charge is 2.41. The van der Waals surface area contributed by atoms with Crippen molar-refractivity contribution < 1.29 is 18.7 Å². The summed E-state index contributed by atoms with van der Waals surface area (Å²) in [6, 6.07) is 12.8. The molecular formula is C27H35FN4O3. The fourth-order valence-electron chi connectivity index (χ4n) is 4.97. The molecule has 35 heavy (non-hydrogen) atoms. The first-order chi connectivity index (χ1) is 17.0. The molecule has 2 amide bonds. The van der Waals surface area contributed by atoms with Gasteiger partial charge in [0.2, 0.25) is 11.8 Å². The largest absolute Gasteiger partial charge is 0.497 e. The minimum atomic E-state index is -0.511. The zero-order valence-corrected chi connectivity index (χ0v) is 20.6. The summed E-state index contributed by atoms with van der Waals surface area (Å²) in [7, 11) is 3.73. The molecule has 8 heteroatoms. The Bertz CT molecular complexity index is 990. The quantitative estimate of drug-likeness (QED) is 0.586. The third-order valence-electron chi connectivity index (χ3n) is 7.04. The molecule has 0 saturated carbocycles. The number of nitrogens with zero attached hydrogens (tertiary/aromatic N) is 3. The van der Waals surface area contributed by atoms with Crippen LogP contribution in [-0.2, 0) is 9.59 Å². The van der Waals surface area contributed by atoms with Gasteiger partial charge in [-0.1, -0.05) is 12.1 Å². The number of likely N-dealkylation sites (N-methyl/N-ethyl adjacent to an activating group) is 1. The van der Waals surface area contributed by atoms with Crippen LogP contribution in [0.15, 0.2) is 48.5 Å². The molecule has 0 spiro atoms. The Morgan fingerprint density at radius 2 is 1.74 bits per heavy atom. The summed E-state index contributed by atoms with van der Waals surface area (Å²) in [5.41, 5.74) is 1.44. The van der Waals surface area contributed by atoms with E-state index >= 15 is 0 Å². The van der Waals surface area contributed by atoms with E-state index in [1.807, 2.05) is 12.1 Å². The number of halogens is 1. The lowest BCUT2D eigenvalue weighted by Gasteiger charge is -2.41. The van der Waals surface area contributed by atoms with Crippen molar-refractivity contribution in [3.05, 3.63) is 59.9 Å². The number of nitrogens with one attached hydrogen (secondary N) is 1. The van der Waals surface area contributed by atoms with Crippen LogP contribution < -0.4 is 15.0 Å². The van der Waals surface area contributed by atoms with Gasteiger partial charge in [0.25, 0.3) is 0 Å². The third-order valence-corrected chi connectivity index (χ3v) is 7.04. The number of hydrogen-bond donors (Lipinski definition) is 1. The van der Waals surface area contributed by atoms with Crippen LogP contribution in [0.1, 0.15) is 30.9 Å². The molecular weight excluding hydrogens is 447 g/mol. The van der Waals surface area contributed by atoms with E-state index in [0.29, 0.717) is 24.4 Å². The summed E-state index contributed by atoms with van der Waals surface area (Å²) in [6.45, 7) is 5.80. The monoisotopic (exact) mass is 482 g/mol. The Labute approximate surface area is 206 Å². The smallest absolute Gasteiger partial charge is 0.227 e. The Kier molecular flexibility index (Phi) is 8.36. The molecule has 188 valence electrons. The number of carbonyl (C=O) groups is 2. The summed E-state index contributed by atoms with van der Waals surface area (Å²) < 4.78 is 18.9. The number of piperidine rings is 1. The SMILES string of the molecule is COc1ccc(N2C(=O)CC[C@@H](C(=O)NCCCN3CCN(C)CC3)[C@@H]2c2ccc(F)cc2)cc1. The third kappa shape index (κ3) is 6.18. The Hall–Kier alpha value is -2.97. The van der Waals surface area contributed by atoms with Crippen LogP contribution in [0.4, 0.5) is 10.1 Å². The van der Waals surface area contributed by atoms with E-state index in [1.54, 1.807) is 36.3 Å². The van der Waals surface area contributed by atoms with Gasteiger partial charge in [-0.15, -0.1) is 0 Å². The molecule has 4 rings (SSSR count). The number of ether oxygens (including phenoxy) is 1. The van der Waals surface area contributed by atoms with Crippen molar-refractivity contribution in [2.45, 2.75) is 25.3 Å². The van der Waals surface area contributed by atoms with Gasteiger partial charge in [0, 0.05) is 44.8 Å². The van der Waals surface area contributed by atoms with E-state index in [-0.39, 0.29) is 24.1 Å².